The molecule has 2 atom stereocenters. The zero-order chi connectivity index (χ0) is 38.9. The highest BCUT2D eigenvalue weighted by atomic mass is 31.2. The molecule has 53 heavy (non-hydrogen) atoms. The van der Waals surface area contributed by atoms with Gasteiger partial charge in [-0.3, -0.25) is 18.6 Å². The van der Waals surface area contributed by atoms with Gasteiger partial charge in [0, 0.05) is 19.4 Å². The molecule has 0 spiro atoms. The van der Waals surface area contributed by atoms with Crippen molar-refractivity contribution >= 4 is 19.8 Å². The molecule has 0 aliphatic rings. The van der Waals surface area contributed by atoms with Crippen molar-refractivity contribution in [2.75, 3.05) is 26.4 Å². The highest BCUT2D eigenvalue weighted by Gasteiger charge is 2.26. The number of carbonyl (C=O) groups is 2. The molecule has 3 N–H and O–H groups in total. The number of nitrogens with two attached hydrogens (primary N) is 1. The van der Waals surface area contributed by atoms with E-state index in [2.05, 4.69) is 13.8 Å². The van der Waals surface area contributed by atoms with E-state index in [0.29, 0.717) is 6.42 Å². The third-order valence-electron chi connectivity index (χ3n) is 9.99. The lowest BCUT2D eigenvalue weighted by molar-refractivity contribution is -0.161. The fourth-order valence-corrected chi connectivity index (χ4v) is 7.40. The van der Waals surface area contributed by atoms with Gasteiger partial charge in [0.15, 0.2) is 6.10 Å². The molecule has 316 valence electrons. The Morgan fingerprint density at radius 2 is 0.811 bits per heavy atom. The highest BCUT2D eigenvalue weighted by molar-refractivity contribution is 7.47. The molecular formula is C43H86NO8P. The van der Waals surface area contributed by atoms with Crippen molar-refractivity contribution < 1.29 is 37.6 Å². The van der Waals surface area contributed by atoms with Crippen LogP contribution in [-0.2, 0) is 32.7 Å². The Morgan fingerprint density at radius 3 is 1.15 bits per heavy atom. The minimum absolute atomic E-state index is 0.0578. The molecule has 0 aliphatic carbocycles. The summed E-state index contributed by atoms with van der Waals surface area (Å²) in [6, 6.07) is 0. The summed E-state index contributed by atoms with van der Waals surface area (Å²) in [5.74, 6) is -0.817. The first kappa shape index (κ1) is 52.0. The quantitative estimate of drug-likeness (QED) is 0.0352. The standard InChI is InChI=1S/C43H86NO8P/c1-3-5-7-9-11-13-14-15-16-17-18-19-20-21-22-23-24-25-26-28-29-31-33-35-42(45)49-39-41(40-51-53(47,48)50-38-37-44)52-43(46)36-34-32-30-27-12-10-8-6-4-2/h41H,3-40,44H2,1-2H3,(H,47,48)/t41-/m0/s1. The van der Waals surface area contributed by atoms with Crippen LogP contribution in [0.5, 0.6) is 0 Å². The Morgan fingerprint density at radius 1 is 0.491 bits per heavy atom. The lowest BCUT2D eigenvalue weighted by Gasteiger charge is -2.19. The lowest BCUT2D eigenvalue weighted by atomic mass is 10.0. The molecule has 10 heteroatoms. The summed E-state index contributed by atoms with van der Waals surface area (Å²) in [5, 5.41) is 0. The van der Waals surface area contributed by atoms with Crippen molar-refractivity contribution in [3.63, 3.8) is 0 Å². The number of esters is 2. The number of phosphoric ester groups is 1. The van der Waals surface area contributed by atoms with Crippen LogP contribution in [0.1, 0.15) is 232 Å². The van der Waals surface area contributed by atoms with E-state index in [0.717, 1.165) is 32.1 Å². The predicted molar refractivity (Wildman–Crippen MR) is 220 cm³/mol. The average molecular weight is 776 g/mol. The number of rotatable bonds is 43. The van der Waals surface area contributed by atoms with Crippen molar-refractivity contribution in [2.45, 2.75) is 238 Å². The van der Waals surface area contributed by atoms with Crippen molar-refractivity contribution in [1.29, 1.82) is 0 Å². The van der Waals surface area contributed by atoms with E-state index in [9.17, 15) is 19.0 Å². The number of ether oxygens (including phenoxy) is 2. The normalized spacial score (nSPS) is 13.2. The molecule has 0 heterocycles. The minimum atomic E-state index is -4.36. The molecule has 0 aromatic heterocycles. The van der Waals surface area contributed by atoms with Crippen LogP contribution in [-0.4, -0.2) is 49.3 Å². The van der Waals surface area contributed by atoms with Gasteiger partial charge in [0.2, 0.25) is 0 Å². The van der Waals surface area contributed by atoms with E-state index in [1.54, 1.807) is 0 Å². The number of hydrogen-bond donors (Lipinski definition) is 2. The van der Waals surface area contributed by atoms with E-state index in [-0.39, 0.29) is 38.6 Å². The van der Waals surface area contributed by atoms with Crippen LogP contribution in [0, 0.1) is 0 Å². The number of hydrogen-bond acceptors (Lipinski definition) is 8. The summed E-state index contributed by atoms with van der Waals surface area (Å²) >= 11 is 0. The summed E-state index contributed by atoms with van der Waals surface area (Å²) in [5.41, 5.74) is 5.34. The van der Waals surface area contributed by atoms with E-state index in [1.165, 1.54) is 167 Å². The summed E-state index contributed by atoms with van der Waals surface area (Å²) in [6.07, 6.45) is 40.1. The van der Waals surface area contributed by atoms with Crippen molar-refractivity contribution in [1.82, 2.24) is 0 Å². The predicted octanol–water partition coefficient (Wildman–Crippen LogP) is 12.8. The molecule has 0 fully saturated rings. The number of unbranched alkanes of at least 4 members (excludes halogenated alkanes) is 30. The second-order valence-corrected chi connectivity index (χ2v) is 16.7. The van der Waals surface area contributed by atoms with Gasteiger partial charge in [-0.2, -0.15) is 0 Å². The van der Waals surface area contributed by atoms with E-state index in [1.807, 2.05) is 0 Å². The zero-order valence-electron chi connectivity index (χ0n) is 34.8. The van der Waals surface area contributed by atoms with Crippen LogP contribution < -0.4 is 5.73 Å². The second-order valence-electron chi connectivity index (χ2n) is 15.3. The lowest BCUT2D eigenvalue weighted by Crippen LogP contribution is -2.29. The van der Waals surface area contributed by atoms with E-state index >= 15 is 0 Å². The maximum atomic E-state index is 12.5. The first-order valence-electron chi connectivity index (χ1n) is 22.5. The Hall–Kier alpha value is -0.990. The van der Waals surface area contributed by atoms with Crippen LogP contribution >= 0.6 is 7.82 Å². The van der Waals surface area contributed by atoms with Crippen LogP contribution in [0.3, 0.4) is 0 Å². The van der Waals surface area contributed by atoms with Gasteiger partial charge in [0.25, 0.3) is 0 Å². The molecule has 0 bridgehead atoms. The molecule has 0 aromatic rings. The van der Waals surface area contributed by atoms with Crippen LogP contribution in [0.25, 0.3) is 0 Å². The third kappa shape index (κ3) is 40.5. The summed E-state index contributed by atoms with van der Waals surface area (Å²) in [4.78, 5) is 34.7. The molecule has 9 nitrogen and oxygen atoms in total. The molecule has 0 saturated heterocycles. The molecule has 0 saturated carbocycles. The average Bonchev–Trinajstić information content (AvgIpc) is 3.14. The van der Waals surface area contributed by atoms with Gasteiger partial charge in [-0.25, -0.2) is 4.57 Å². The summed E-state index contributed by atoms with van der Waals surface area (Å²) < 4.78 is 32.7. The van der Waals surface area contributed by atoms with Crippen LogP contribution in [0.4, 0.5) is 0 Å². The molecule has 0 amide bonds. The maximum Gasteiger partial charge on any atom is 0.472 e. The Labute approximate surface area is 327 Å². The third-order valence-corrected chi connectivity index (χ3v) is 11.0. The van der Waals surface area contributed by atoms with Gasteiger partial charge in [-0.15, -0.1) is 0 Å². The number of phosphoric acid groups is 1. The van der Waals surface area contributed by atoms with Gasteiger partial charge in [0.05, 0.1) is 13.2 Å². The topological polar surface area (TPSA) is 134 Å². The van der Waals surface area contributed by atoms with Gasteiger partial charge in [-0.1, -0.05) is 206 Å². The second kappa shape index (κ2) is 40.7. The molecule has 0 rings (SSSR count). The molecule has 1 unspecified atom stereocenters. The van der Waals surface area contributed by atoms with Crippen LogP contribution in [0.15, 0.2) is 0 Å². The fraction of sp³-hybridized carbons (Fsp3) is 0.953. The fourth-order valence-electron chi connectivity index (χ4n) is 6.64. The Bertz CT molecular complexity index is 845. The van der Waals surface area contributed by atoms with Gasteiger partial charge in [0.1, 0.15) is 6.61 Å². The Balaban J connectivity index is 3.92. The van der Waals surface area contributed by atoms with Crippen molar-refractivity contribution in [2.24, 2.45) is 5.73 Å². The van der Waals surface area contributed by atoms with Gasteiger partial charge >= 0.3 is 19.8 Å². The molecule has 0 aromatic carbocycles. The van der Waals surface area contributed by atoms with E-state index in [4.69, 9.17) is 24.3 Å². The van der Waals surface area contributed by atoms with Gasteiger partial charge < -0.3 is 20.1 Å². The maximum absolute atomic E-state index is 12.5. The molecular weight excluding hydrogens is 689 g/mol. The summed E-state index contributed by atoms with van der Waals surface area (Å²) in [7, 11) is -4.36. The monoisotopic (exact) mass is 776 g/mol. The smallest absolute Gasteiger partial charge is 0.462 e. The molecule has 0 aliphatic heterocycles. The Kier molecular flexibility index (Phi) is 39.9. The SMILES string of the molecule is CCCCCCCCCCCCCCCCCCCCCCCCCC(=O)OC[C@@H](COP(=O)(O)OCCN)OC(=O)CCCCCCCCCCC. The van der Waals surface area contributed by atoms with E-state index < -0.39 is 26.5 Å². The van der Waals surface area contributed by atoms with Crippen molar-refractivity contribution in [3.8, 4) is 0 Å². The first-order chi connectivity index (χ1) is 25.8. The van der Waals surface area contributed by atoms with Crippen molar-refractivity contribution in [3.05, 3.63) is 0 Å². The first-order valence-corrected chi connectivity index (χ1v) is 24.0. The minimum Gasteiger partial charge on any atom is -0.462 e. The zero-order valence-corrected chi connectivity index (χ0v) is 35.7. The van der Waals surface area contributed by atoms with Crippen LogP contribution in [0.2, 0.25) is 0 Å². The highest BCUT2D eigenvalue weighted by Crippen LogP contribution is 2.43. The summed E-state index contributed by atoms with van der Waals surface area (Å²) in [6.45, 7) is 3.75. The molecule has 0 radical (unpaired) electrons. The number of carbonyl (C=O) groups excluding carboxylic acids is 2. The largest absolute Gasteiger partial charge is 0.472 e. The van der Waals surface area contributed by atoms with Gasteiger partial charge in [-0.05, 0) is 12.8 Å².